The van der Waals surface area contributed by atoms with Crippen molar-refractivity contribution >= 4 is 22.4 Å². The van der Waals surface area contributed by atoms with Gasteiger partial charge in [-0.05, 0) is 51.2 Å². The molecule has 1 amide bonds. The Kier molecular flexibility index (Phi) is 5.94. The quantitative estimate of drug-likeness (QED) is 0.622. The molecule has 1 aliphatic rings. The lowest BCUT2D eigenvalue weighted by atomic mass is 10.2. The third-order valence-electron chi connectivity index (χ3n) is 4.96. The Hall–Kier alpha value is -2.67. The first kappa shape index (κ1) is 19.6. The third kappa shape index (κ3) is 5.44. The Morgan fingerprint density at radius 1 is 1.28 bits per heavy atom. The van der Waals surface area contributed by atoms with Gasteiger partial charge in [-0.25, -0.2) is 4.98 Å². The summed E-state index contributed by atoms with van der Waals surface area (Å²) < 4.78 is 8.31. The van der Waals surface area contributed by atoms with Crippen LogP contribution in [0.25, 0.3) is 0 Å². The number of pyridine rings is 1. The van der Waals surface area contributed by atoms with Crippen LogP contribution in [0.1, 0.15) is 47.5 Å². The molecule has 7 heteroatoms. The molecule has 0 atom stereocenters. The fourth-order valence-corrected chi connectivity index (χ4v) is 4.32. The average Bonchev–Trinajstić information content (AvgIpc) is 3.39. The normalized spacial score (nSPS) is 14.3. The first-order valence-electron chi connectivity index (χ1n) is 10.0. The number of hydrogen-bond acceptors (Lipinski definition) is 5. The Balaban J connectivity index is 1.51. The largest absolute Gasteiger partial charge is 0.490 e. The summed E-state index contributed by atoms with van der Waals surface area (Å²) in [5, 5.41) is 3.48. The lowest BCUT2D eigenvalue weighted by Crippen LogP contribution is -2.17. The fourth-order valence-electron chi connectivity index (χ4n) is 3.64. The minimum Gasteiger partial charge on any atom is -0.490 e. The van der Waals surface area contributed by atoms with E-state index in [4.69, 9.17) is 9.72 Å². The summed E-state index contributed by atoms with van der Waals surface area (Å²) in [6.45, 7) is 4.68. The van der Waals surface area contributed by atoms with E-state index in [0.29, 0.717) is 17.4 Å². The molecule has 0 unspecified atom stereocenters. The van der Waals surface area contributed by atoms with E-state index in [2.05, 4.69) is 34.1 Å². The number of nitrogens with one attached hydrogen (secondary N) is 1. The van der Waals surface area contributed by atoms with Crippen molar-refractivity contribution < 1.29 is 9.53 Å². The molecular weight excluding hydrogens is 384 g/mol. The van der Waals surface area contributed by atoms with Crippen molar-refractivity contribution in [3.05, 3.63) is 58.6 Å². The molecule has 0 saturated heterocycles. The number of nitrogens with zero attached hydrogens (tertiary/aromatic N) is 3. The third-order valence-corrected chi connectivity index (χ3v) is 5.79. The first-order valence-corrected chi connectivity index (χ1v) is 10.9. The molecule has 3 aromatic heterocycles. The van der Waals surface area contributed by atoms with Crippen LogP contribution in [0.5, 0.6) is 5.75 Å². The predicted molar refractivity (Wildman–Crippen MR) is 115 cm³/mol. The molecule has 1 fully saturated rings. The fraction of sp³-hybridized carbons (Fsp3) is 0.409. The zero-order valence-electron chi connectivity index (χ0n) is 16.9. The van der Waals surface area contributed by atoms with E-state index in [1.54, 1.807) is 6.20 Å². The van der Waals surface area contributed by atoms with Gasteiger partial charge in [0.25, 0.3) is 0 Å². The number of hydrogen-bond donors (Lipinski definition) is 1. The number of rotatable bonds is 7. The second kappa shape index (κ2) is 8.78. The number of amides is 1. The molecule has 1 saturated carbocycles. The molecule has 3 heterocycles. The number of anilines is 1. The van der Waals surface area contributed by atoms with Crippen molar-refractivity contribution in [1.29, 1.82) is 0 Å². The van der Waals surface area contributed by atoms with Crippen molar-refractivity contribution in [2.24, 2.45) is 0 Å². The topological polar surface area (TPSA) is 69.0 Å². The highest BCUT2D eigenvalue weighted by molar-refractivity contribution is 7.15. The molecule has 0 bridgehead atoms. The molecular formula is C22H26N4O2S. The minimum atomic E-state index is -0.118. The van der Waals surface area contributed by atoms with E-state index in [0.717, 1.165) is 29.2 Å². The maximum Gasteiger partial charge on any atom is 0.232 e. The molecule has 0 radical (unpaired) electrons. The van der Waals surface area contributed by atoms with Gasteiger partial charge in [0.15, 0.2) is 5.13 Å². The van der Waals surface area contributed by atoms with Crippen LogP contribution < -0.4 is 10.1 Å². The van der Waals surface area contributed by atoms with Gasteiger partial charge < -0.3 is 14.6 Å². The molecule has 29 heavy (non-hydrogen) atoms. The summed E-state index contributed by atoms with van der Waals surface area (Å²) >= 11 is 1.47. The maximum absolute atomic E-state index is 12.5. The molecule has 1 aliphatic carbocycles. The molecule has 4 rings (SSSR count). The highest BCUT2D eigenvalue weighted by atomic mass is 32.1. The molecule has 6 nitrogen and oxygen atoms in total. The molecule has 0 aromatic carbocycles. The summed E-state index contributed by atoms with van der Waals surface area (Å²) in [4.78, 5) is 22.5. The SMILES string of the molecule is Cc1ccn(Cc2cc(OC3CCCC3)cc(CC(=O)Nc3ncc(C)s3)n2)c1. The molecule has 0 spiro atoms. The van der Waals surface area contributed by atoms with Crippen molar-refractivity contribution in [3.63, 3.8) is 0 Å². The lowest BCUT2D eigenvalue weighted by Gasteiger charge is -2.15. The van der Waals surface area contributed by atoms with Crippen LogP contribution in [0.3, 0.4) is 0 Å². The van der Waals surface area contributed by atoms with Crippen molar-refractivity contribution in [2.45, 2.75) is 58.6 Å². The minimum absolute atomic E-state index is 0.118. The highest BCUT2D eigenvalue weighted by Crippen LogP contribution is 2.25. The van der Waals surface area contributed by atoms with E-state index >= 15 is 0 Å². The summed E-state index contributed by atoms with van der Waals surface area (Å²) in [7, 11) is 0. The van der Waals surface area contributed by atoms with Crippen LogP contribution in [0.15, 0.2) is 36.8 Å². The van der Waals surface area contributed by atoms with E-state index in [9.17, 15) is 4.79 Å². The summed E-state index contributed by atoms with van der Waals surface area (Å²) in [5.41, 5.74) is 2.82. The van der Waals surface area contributed by atoms with E-state index in [1.807, 2.05) is 25.3 Å². The Labute approximate surface area is 175 Å². The predicted octanol–water partition coefficient (Wildman–Crippen LogP) is 4.51. The van der Waals surface area contributed by atoms with Crippen molar-refractivity contribution in [3.8, 4) is 5.75 Å². The molecule has 152 valence electrons. The maximum atomic E-state index is 12.5. The van der Waals surface area contributed by atoms with Gasteiger partial charge in [-0.3, -0.25) is 9.78 Å². The van der Waals surface area contributed by atoms with Gasteiger partial charge in [-0.1, -0.05) is 0 Å². The average molecular weight is 411 g/mol. The van der Waals surface area contributed by atoms with Crippen LogP contribution in [-0.4, -0.2) is 26.5 Å². The van der Waals surface area contributed by atoms with Crippen LogP contribution >= 0.6 is 11.3 Å². The smallest absolute Gasteiger partial charge is 0.232 e. The van der Waals surface area contributed by atoms with Gasteiger partial charge in [0.05, 0.1) is 30.5 Å². The van der Waals surface area contributed by atoms with Crippen molar-refractivity contribution in [1.82, 2.24) is 14.5 Å². The van der Waals surface area contributed by atoms with Gasteiger partial charge >= 0.3 is 0 Å². The zero-order chi connectivity index (χ0) is 20.2. The summed E-state index contributed by atoms with van der Waals surface area (Å²) in [5.74, 6) is 0.686. The number of carbonyl (C=O) groups is 1. The van der Waals surface area contributed by atoms with Crippen LogP contribution in [0.2, 0.25) is 0 Å². The number of aryl methyl sites for hydroxylation is 2. The van der Waals surface area contributed by atoms with E-state index in [1.165, 1.54) is 29.7 Å². The lowest BCUT2D eigenvalue weighted by molar-refractivity contribution is -0.115. The Bertz CT molecular complexity index is 988. The van der Waals surface area contributed by atoms with Gasteiger partial charge in [0, 0.05) is 35.6 Å². The molecule has 0 aliphatic heterocycles. The highest BCUT2D eigenvalue weighted by Gasteiger charge is 2.18. The zero-order valence-corrected chi connectivity index (χ0v) is 17.7. The van der Waals surface area contributed by atoms with Crippen LogP contribution in [0, 0.1) is 13.8 Å². The summed E-state index contributed by atoms with van der Waals surface area (Å²) in [6, 6.07) is 5.97. The van der Waals surface area contributed by atoms with Gasteiger partial charge in [-0.15, -0.1) is 11.3 Å². The van der Waals surface area contributed by atoms with Gasteiger partial charge in [0.1, 0.15) is 5.75 Å². The first-order chi connectivity index (χ1) is 14.0. The second-order valence-corrected chi connectivity index (χ2v) is 8.91. The van der Waals surface area contributed by atoms with E-state index in [-0.39, 0.29) is 18.4 Å². The van der Waals surface area contributed by atoms with Crippen molar-refractivity contribution in [2.75, 3.05) is 5.32 Å². The van der Waals surface area contributed by atoms with E-state index < -0.39 is 0 Å². The van der Waals surface area contributed by atoms with Crippen LogP contribution in [-0.2, 0) is 17.8 Å². The number of carbonyl (C=O) groups excluding carboxylic acids is 1. The Morgan fingerprint density at radius 2 is 2.07 bits per heavy atom. The van der Waals surface area contributed by atoms with Crippen LogP contribution in [0.4, 0.5) is 5.13 Å². The Morgan fingerprint density at radius 3 is 2.76 bits per heavy atom. The number of aromatic nitrogens is 3. The molecule has 1 N–H and O–H groups in total. The molecule has 3 aromatic rings. The van der Waals surface area contributed by atoms with Gasteiger partial charge in [0.2, 0.25) is 5.91 Å². The standard InChI is InChI=1S/C22H26N4O2S/c1-15-7-8-26(13-15)14-18-10-20(28-19-5-3-4-6-19)9-17(24-18)11-21(27)25-22-23-12-16(2)29-22/h7-10,12-13,19H,3-6,11,14H2,1-2H3,(H,23,25,27). The number of ether oxygens (including phenoxy) is 1. The number of thiazole rings is 1. The summed E-state index contributed by atoms with van der Waals surface area (Å²) in [6.07, 6.45) is 11.0. The second-order valence-electron chi connectivity index (χ2n) is 7.67. The monoisotopic (exact) mass is 410 g/mol. The van der Waals surface area contributed by atoms with Gasteiger partial charge in [-0.2, -0.15) is 0 Å².